The quantitative estimate of drug-likeness (QED) is 0.124. The molecule has 51 heavy (non-hydrogen) atoms. The maximum absolute atomic E-state index is 2.77. The van der Waals surface area contributed by atoms with Crippen molar-refractivity contribution in [2.24, 2.45) is 0 Å². The van der Waals surface area contributed by atoms with Gasteiger partial charge in [-0.1, -0.05) is 108 Å². The predicted molar refractivity (Wildman–Crippen MR) is 221 cm³/mol. The molecule has 6 heteroatoms. The second-order valence-corrected chi connectivity index (χ2v) is 17.6. The Hall–Kier alpha value is -3.36. The first-order chi connectivity index (χ1) is 24.8. The highest BCUT2D eigenvalue weighted by Gasteiger charge is 2.40. The zero-order chi connectivity index (χ0) is 35.5. The Morgan fingerprint density at radius 3 is 0.863 bits per heavy atom. The molecular weight excluding hydrogens is 679 g/mol. The number of thiophene rings is 3. The van der Waals surface area contributed by atoms with Crippen molar-refractivity contribution in [3.05, 3.63) is 173 Å². The van der Waals surface area contributed by atoms with Crippen LogP contribution in [0.1, 0.15) is 86.5 Å². The Balaban J connectivity index is 1.28. The van der Waals surface area contributed by atoms with E-state index in [2.05, 4.69) is 182 Å². The number of nitrogens with zero attached hydrogens (tertiary/aromatic N) is 3. The van der Waals surface area contributed by atoms with Crippen LogP contribution >= 0.6 is 34.0 Å². The molecular formula is C45H51N3S3. The van der Waals surface area contributed by atoms with Crippen molar-refractivity contribution < 1.29 is 0 Å². The average Bonchev–Trinajstić information content (AvgIpc) is 3.97. The lowest BCUT2D eigenvalue weighted by molar-refractivity contribution is -0.0839. The van der Waals surface area contributed by atoms with Gasteiger partial charge in [0.1, 0.15) is 0 Å². The van der Waals surface area contributed by atoms with E-state index in [4.69, 9.17) is 0 Å². The second kappa shape index (κ2) is 16.1. The van der Waals surface area contributed by atoms with Crippen LogP contribution in [-0.4, -0.2) is 52.8 Å². The van der Waals surface area contributed by atoms with E-state index >= 15 is 0 Å². The fourth-order valence-corrected chi connectivity index (χ4v) is 10.9. The number of hydrogen-bond donors (Lipinski definition) is 0. The van der Waals surface area contributed by atoms with Gasteiger partial charge in [0.25, 0.3) is 0 Å². The number of rotatable bonds is 12. The molecule has 3 nitrogen and oxygen atoms in total. The first-order valence-electron chi connectivity index (χ1n) is 18.3. The minimum absolute atomic E-state index is 0.286. The summed E-state index contributed by atoms with van der Waals surface area (Å²) in [6.45, 7) is 16.7. The molecule has 264 valence electrons. The van der Waals surface area contributed by atoms with Crippen molar-refractivity contribution in [2.75, 3.05) is 20.0 Å². The van der Waals surface area contributed by atoms with Gasteiger partial charge >= 0.3 is 0 Å². The molecule has 0 spiro atoms. The second-order valence-electron chi connectivity index (χ2n) is 14.6. The fraction of sp³-hybridized carbons (Fsp3) is 0.333. The maximum atomic E-state index is 2.77. The van der Waals surface area contributed by atoms with Crippen molar-refractivity contribution >= 4 is 34.0 Å². The van der Waals surface area contributed by atoms with Gasteiger partial charge in [-0.15, -0.1) is 34.0 Å². The first kappa shape index (κ1) is 36.0. The van der Waals surface area contributed by atoms with Crippen LogP contribution in [0.4, 0.5) is 0 Å². The van der Waals surface area contributed by atoms with Gasteiger partial charge in [-0.05, 0) is 92.6 Å². The molecule has 1 fully saturated rings. The summed E-state index contributed by atoms with van der Waals surface area (Å²) in [5.74, 6) is 0.857. The summed E-state index contributed by atoms with van der Waals surface area (Å²) < 4.78 is 0. The van der Waals surface area contributed by atoms with E-state index in [9.17, 15) is 0 Å². The smallest absolute Gasteiger partial charge is 0.0536 e. The molecule has 6 unspecified atom stereocenters. The van der Waals surface area contributed by atoms with E-state index in [1.165, 1.54) is 48.0 Å². The minimum atomic E-state index is 0.286. The van der Waals surface area contributed by atoms with E-state index in [1.807, 2.05) is 34.0 Å². The standard InChI is InChI=1S/C45H51N3S3/c1-31-13-19-37(20-14-31)43(40-10-7-25-49-40)34(4)46-28-47(35(5)44(41-11-8-26-50-41)38-21-15-32(2)16-22-38)30-48(29-46)36(6)45(42-12-9-27-51-42)39-23-17-33(3)18-24-39/h7-27,34-36,43-45H,28-30H2,1-6H3. The molecule has 4 heterocycles. The molecule has 6 atom stereocenters. The molecule has 0 N–H and O–H groups in total. The van der Waals surface area contributed by atoms with Gasteiger partial charge in [0.15, 0.2) is 0 Å². The molecule has 6 aromatic rings. The van der Waals surface area contributed by atoms with Crippen LogP contribution in [0.2, 0.25) is 0 Å². The Labute approximate surface area is 317 Å². The Bertz CT molecular complexity index is 1680. The first-order valence-corrected chi connectivity index (χ1v) is 20.9. The summed E-state index contributed by atoms with van der Waals surface area (Å²) in [7, 11) is 0. The molecule has 1 aliphatic heterocycles. The highest BCUT2D eigenvalue weighted by molar-refractivity contribution is 7.10. The number of aryl methyl sites for hydroxylation is 3. The highest BCUT2D eigenvalue weighted by Crippen LogP contribution is 2.40. The van der Waals surface area contributed by atoms with Crippen molar-refractivity contribution in [3.63, 3.8) is 0 Å². The maximum Gasteiger partial charge on any atom is 0.0536 e. The topological polar surface area (TPSA) is 9.72 Å². The van der Waals surface area contributed by atoms with E-state index in [0.717, 1.165) is 20.0 Å². The van der Waals surface area contributed by atoms with Gasteiger partial charge in [-0.3, -0.25) is 14.7 Å². The van der Waals surface area contributed by atoms with Crippen molar-refractivity contribution in [1.82, 2.24) is 14.7 Å². The lowest BCUT2D eigenvalue weighted by atomic mass is 9.87. The van der Waals surface area contributed by atoms with Crippen molar-refractivity contribution in [2.45, 2.75) is 77.4 Å². The van der Waals surface area contributed by atoms with E-state index < -0.39 is 0 Å². The third-order valence-corrected chi connectivity index (χ3v) is 14.0. The van der Waals surface area contributed by atoms with Gasteiger partial charge in [0.05, 0.1) is 20.0 Å². The van der Waals surface area contributed by atoms with Gasteiger partial charge in [0.2, 0.25) is 0 Å². The van der Waals surface area contributed by atoms with Crippen LogP contribution in [0.25, 0.3) is 0 Å². The molecule has 1 aliphatic rings. The van der Waals surface area contributed by atoms with E-state index in [0.29, 0.717) is 0 Å². The Kier molecular flexibility index (Phi) is 11.4. The summed E-state index contributed by atoms with van der Waals surface area (Å²) in [6, 6.07) is 42.3. The molecule has 7 rings (SSSR count). The van der Waals surface area contributed by atoms with Crippen LogP contribution in [0.3, 0.4) is 0 Å². The van der Waals surface area contributed by atoms with Crippen LogP contribution in [0.5, 0.6) is 0 Å². The molecule has 0 radical (unpaired) electrons. The van der Waals surface area contributed by atoms with Crippen LogP contribution in [-0.2, 0) is 0 Å². The summed E-state index contributed by atoms with van der Waals surface area (Å²) in [4.78, 5) is 12.6. The van der Waals surface area contributed by atoms with Gasteiger partial charge < -0.3 is 0 Å². The zero-order valence-electron chi connectivity index (χ0n) is 30.8. The Morgan fingerprint density at radius 2 is 0.647 bits per heavy atom. The third-order valence-electron chi connectivity index (χ3n) is 11.1. The average molecular weight is 730 g/mol. The molecule has 0 bridgehead atoms. The van der Waals surface area contributed by atoms with E-state index in [1.54, 1.807) is 0 Å². The van der Waals surface area contributed by atoms with Crippen molar-refractivity contribution in [3.8, 4) is 0 Å². The highest BCUT2D eigenvalue weighted by atomic mass is 32.1. The molecule has 0 aliphatic carbocycles. The molecule has 1 saturated heterocycles. The minimum Gasteiger partial charge on any atom is -0.274 e. The lowest BCUT2D eigenvalue weighted by Crippen LogP contribution is -2.62. The lowest BCUT2D eigenvalue weighted by Gasteiger charge is -2.51. The van der Waals surface area contributed by atoms with Crippen LogP contribution in [0, 0.1) is 20.8 Å². The summed E-state index contributed by atoms with van der Waals surface area (Å²) in [5.41, 5.74) is 8.11. The summed E-state index contributed by atoms with van der Waals surface area (Å²) >= 11 is 5.67. The molecule has 0 amide bonds. The zero-order valence-corrected chi connectivity index (χ0v) is 33.2. The number of hydrogen-bond acceptors (Lipinski definition) is 6. The van der Waals surface area contributed by atoms with E-state index in [-0.39, 0.29) is 35.9 Å². The summed E-state index contributed by atoms with van der Waals surface area (Å²) in [5, 5.41) is 6.72. The molecule has 3 aromatic heterocycles. The van der Waals surface area contributed by atoms with Gasteiger partial charge in [-0.25, -0.2) is 0 Å². The largest absolute Gasteiger partial charge is 0.274 e. The SMILES string of the molecule is Cc1ccc(C(c2cccs2)C(C)N2CN(C(C)C(c3ccc(C)cc3)c3cccs3)CN(C(C)C(c3ccc(C)cc3)c3cccs3)C2)cc1. The fourth-order valence-electron chi connectivity index (χ4n) is 8.01. The molecule has 3 aromatic carbocycles. The summed E-state index contributed by atoms with van der Waals surface area (Å²) in [6.07, 6.45) is 0. The Morgan fingerprint density at radius 1 is 0.392 bits per heavy atom. The predicted octanol–water partition coefficient (Wildman–Crippen LogP) is 11.6. The van der Waals surface area contributed by atoms with Crippen LogP contribution in [0.15, 0.2) is 125 Å². The van der Waals surface area contributed by atoms with Crippen molar-refractivity contribution in [1.29, 1.82) is 0 Å². The van der Waals surface area contributed by atoms with Gasteiger partial charge in [-0.2, -0.15) is 0 Å². The van der Waals surface area contributed by atoms with Gasteiger partial charge in [0, 0.05) is 50.5 Å². The number of benzene rings is 3. The monoisotopic (exact) mass is 729 g/mol. The molecule has 0 saturated carbocycles. The third kappa shape index (κ3) is 8.02. The van der Waals surface area contributed by atoms with Crippen LogP contribution < -0.4 is 0 Å². The normalized spacial score (nSPS) is 18.2.